The first-order chi connectivity index (χ1) is 13.2. The number of anilines is 1. The average molecular weight is 360 g/mol. The minimum Gasteiger partial charge on any atom is -0.353 e. The van der Waals surface area contributed by atoms with E-state index in [-0.39, 0.29) is 17.9 Å². The van der Waals surface area contributed by atoms with Gasteiger partial charge in [0.25, 0.3) is 0 Å². The van der Waals surface area contributed by atoms with Crippen molar-refractivity contribution in [2.75, 3.05) is 5.32 Å². The molecule has 2 N–H and O–H groups in total. The zero-order chi connectivity index (χ0) is 18.6. The van der Waals surface area contributed by atoms with Crippen LogP contribution < -0.4 is 10.6 Å². The molecule has 0 radical (unpaired) electrons. The molecule has 2 aliphatic rings. The van der Waals surface area contributed by atoms with Gasteiger partial charge in [0, 0.05) is 36.0 Å². The highest BCUT2D eigenvalue weighted by atomic mass is 16.2. The van der Waals surface area contributed by atoms with Gasteiger partial charge < -0.3 is 10.6 Å². The molecular weight excluding hydrogens is 336 g/mol. The number of carbonyl (C=O) groups excluding carboxylic acids is 1. The van der Waals surface area contributed by atoms with Gasteiger partial charge in [-0.05, 0) is 56.7 Å². The second-order valence-electron chi connectivity index (χ2n) is 7.55. The van der Waals surface area contributed by atoms with Crippen molar-refractivity contribution in [1.82, 2.24) is 15.3 Å². The van der Waals surface area contributed by atoms with Crippen LogP contribution in [0.15, 0.2) is 36.7 Å². The fourth-order valence-corrected chi connectivity index (χ4v) is 2.86. The third-order valence-electron chi connectivity index (χ3n) is 4.75. The molecule has 5 heteroatoms. The Balaban J connectivity index is 1.30. The molecule has 1 amide bonds. The molecule has 2 aromatic rings. The van der Waals surface area contributed by atoms with E-state index in [1.54, 1.807) is 12.4 Å². The van der Waals surface area contributed by atoms with Gasteiger partial charge in [0.15, 0.2) is 0 Å². The number of nitrogens with zero attached hydrogens (tertiary/aromatic N) is 2. The fraction of sp³-hybridized carbons (Fsp3) is 0.409. The summed E-state index contributed by atoms with van der Waals surface area (Å²) in [6, 6.07) is 8.87. The van der Waals surface area contributed by atoms with Crippen molar-refractivity contribution in [2.45, 2.75) is 51.1 Å². The van der Waals surface area contributed by atoms with E-state index in [2.05, 4.69) is 51.5 Å². The zero-order valence-electron chi connectivity index (χ0n) is 15.5. The quantitative estimate of drug-likeness (QED) is 0.778. The van der Waals surface area contributed by atoms with Crippen LogP contribution in [0.25, 0.3) is 0 Å². The smallest absolute Gasteiger partial charge is 0.223 e. The van der Waals surface area contributed by atoms with Gasteiger partial charge in [-0.25, -0.2) is 9.97 Å². The normalized spacial score (nSPS) is 16.8. The maximum absolute atomic E-state index is 11.8. The highest BCUT2D eigenvalue weighted by Crippen LogP contribution is 2.29. The Labute approximate surface area is 160 Å². The molecule has 2 aliphatic carbocycles. The Hall–Kier alpha value is -2.87. The van der Waals surface area contributed by atoms with Gasteiger partial charge in [-0.2, -0.15) is 0 Å². The summed E-state index contributed by atoms with van der Waals surface area (Å²) in [7, 11) is 0. The summed E-state index contributed by atoms with van der Waals surface area (Å²) in [5.41, 5.74) is 2.95. The Bertz CT molecular complexity index is 856. The first kappa shape index (κ1) is 17.5. The van der Waals surface area contributed by atoms with Crippen LogP contribution in [0, 0.1) is 17.8 Å². The lowest BCUT2D eigenvalue weighted by molar-refractivity contribution is -0.122. The minimum absolute atomic E-state index is 0.148. The monoisotopic (exact) mass is 360 g/mol. The third kappa shape index (κ3) is 5.30. The van der Waals surface area contributed by atoms with Gasteiger partial charge in [-0.1, -0.05) is 24.0 Å². The lowest BCUT2D eigenvalue weighted by Gasteiger charge is -2.13. The van der Waals surface area contributed by atoms with E-state index in [4.69, 9.17) is 0 Å². The Morgan fingerprint density at radius 1 is 1.07 bits per heavy atom. The van der Waals surface area contributed by atoms with E-state index >= 15 is 0 Å². The molecule has 1 aromatic carbocycles. The molecule has 2 fully saturated rings. The van der Waals surface area contributed by atoms with Gasteiger partial charge >= 0.3 is 0 Å². The van der Waals surface area contributed by atoms with Crippen LogP contribution in [0.4, 0.5) is 5.95 Å². The van der Waals surface area contributed by atoms with E-state index < -0.39 is 0 Å². The molecule has 0 saturated heterocycles. The molecule has 0 spiro atoms. The van der Waals surface area contributed by atoms with Crippen molar-refractivity contribution in [2.24, 2.45) is 5.92 Å². The molecular formula is C22H24N4O. The molecule has 0 bridgehead atoms. The third-order valence-corrected chi connectivity index (χ3v) is 4.75. The second kappa shape index (κ2) is 7.79. The van der Waals surface area contributed by atoms with Gasteiger partial charge in [0.05, 0.1) is 5.56 Å². The lowest BCUT2D eigenvalue weighted by atomic mass is 10.0. The lowest BCUT2D eigenvalue weighted by Crippen LogP contribution is -2.35. The maximum Gasteiger partial charge on any atom is 0.223 e. The molecule has 27 heavy (non-hydrogen) atoms. The number of nitrogens with one attached hydrogen (secondary N) is 2. The Morgan fingerprint density at radius 2 is 1.74 bits per heavy atom. The van der Waals surface area contributed by atoms with E-state index in [0.29, 0.717) is 12.0 Å². The summed E-state index contributed by atoms with van der Waals surface area (Å²) in [5.74, 6) is 7.39. The van der Waals surface area contributed by atoms with Crippen molar-refractivity contribution in [3.63, 3.8) is 0 Å². The zero-order valence-corrected chi connectivity index (χ0v) is 15.5. The van der Waals surface area contributed by atoms with Crippen LogP contribution >= 0.6 is 0 Å². The first-order valence-corrected chi connectivity index (χ1v) is 9.65. The summed E-state index contributed by atoms with van der Waals surface area (Å²) in [6.07, 6.45) is 8.81. The molecule has 1 unspecified atom stereocenters. The first-order valence-electron chi connectivity index (χ1n) is 9.65. The maximum atomic E-state index is 11.8. The van der Waals surface area contributed by atoms with Gasteiger partial charge in [-0.15, -0.1) is 0 Å². The van der Waals surface area contributed by atoms with Gasteiger partial charge in [-0.3, -0.25) is 4.79 Å². The SMILES string of the molecule is CC(Cc1ccc(C#Cc2cnc(NC3CC3)nc2)cc1)NC(=O)C1CC1. The average Bonchev–Trinajstić information content (AvgIpc) is 3.56. The summed E-state index contributed by atoms with van der Waals surface area (Å²) in [4.78, 5) is 20.4. The highest BCUT2D eigenvalue weighted by Gasteiger charge is 2.30. The van der Waals surface area contributed by atoms with Crippen LogP contribution in [0.5, 0.6) is 0 Å². The summed E-state index contributed by atoms with van der Waals surface area (Å²) in [6.45, 7) is 2.05. The van der Waals surface area contributed by atoms with E-state index in [1.165, 1.54) is 18.4 Å². The topological polar surface area (TPSA) is 66.9 Å². The number of benzene rings is 1. The largest absolute Gasteiger partial charge is 0.353 e. The van der Waals surface area contributed by atoms with Crippen molar-refractivity contribution in [3.05, 3.63) is 53.3 Å². The molecule has 2 saturated carbocycles. The van der Waals surface area contributed by atoms with Crippen LogP contribution in [-0.2, 0) is 11.2 Å². The number of aromatic nitrogens is 2. The highest BCUT2D eigenvalue weighted by molar-refractivity contribution is 5.81. The predicted octanol–water partition coefficient (Wildman–Crippen LogP) is 2.91. The summed E-state index contributed by atoms with van der Waals surface area (Å²) < 4.78 is 0. The van der Waals surface area contributed by atoms with Crippen molar-refractivity contribution >= 4 is 11.9 Å². The summed E-state index contributed by atoms with van der Waals surface area (Å²) in [5, 5.41) is 6.35. The summed E-state index contributed by atoms with van der Waals surface area (Å²) >= 11 is 0. The minimum atomic E-state index is 0.148. The van der Waals surface area contributed by atoms with Gasteiger partial charge in [0.2, 0.25) is 11.9 Å². The van der Waals surface area contributed by atoms with Crippen molar-refractivity contribution < 1.29 is 4.79 Å². The standard InChI is InChI=1S/C22H24N4O/c1-15(25-21(27)19-8-9-19)12-17-5-2-16(3-6-17)4-7-18-13-23-22(24-14-18)26-20-10-11-20/h2-3,5-6,13-15,19-20H,8-12H2,1H3,(H,25,27)(H,23,24,26). The van der Waals surface area contributed by atoms with E-state index in [9.17, 15) is 4.79 Å². The van der Waals surface area contributed by atoms with Crippen molar-refractivity contribution in [3.8, 4) is 11.8 Å². The number of carbonyl (C=O) groups is 1. The van der Waals surface area contributed by atoms with Crippen LogP contribution in [0.3, 0.4) is 0 Å². The van der Waals surface area contributed by atoms with E-state index in [1.807, 2.05) is 12.1 Å². The van der Waals surface area contributed by atoms with Crippen molar-refractivity contribution in [1.29, 1.82) is 0 Å². The fourth-order valence-electron chi connectivity index (χ4n) is 2.86. The molecule has 1 aromatic heterocycles. The molecule has 0 aliphatic heterocycles. The number of hydrogen-bond acceptors (Lipinski definition) is 4. The molecule has 4 rings (SSSR count). The number of amides is 1. The van der Waals surface area contributed by atoms with E-state index in [0.717, 1.165) is 30.4 Å². The molecule has 1 atom stereocenters. The second-order valence-corrected chi connectivity index (χ2v) is 7.55. The predicted molar refractivity (Wildman–Crippen MR) is 105 cm³/mol. The van der Waals surface area contributed by atoms with Crippen LogP contribution in [0.2, 0.25) is 0 Å². The van der Waals surface area contributed by atoms with Gasteiger partial charge in [0.1, 0.15) is 0 Å². The molecule has 5 nitrogen and oxygen atoms in total. The number of rotatable bonds is 6. The number of hydrogen-bond donors (Lipinski definition) is 2. The van der Waals surface area contributed by atoms with Crippen LogP contribution in [-0.4, -0.2) is 28.0 Å². The Kier molecular flexibility index (Phi) is 5.06. The molecule has 1 heterocycles. The van der Waals surface area contributed by atoms with Crippen LogP contribution in [0.1, 0.15) is 49.3 Å². The Morgan fingerprint density at radius 3 is 2.37 bits per heavy atom. The molecule has 138 valence electrons.